The Morgan fingerprint density at radius 3 is 2.75 bits per heavy atom. The largest absolute Gasteiger partial charge is 0.508 e. The zero-order valence-electron chi connectivity index (χ0n) is 13.4. The Balaban J connectivity index is 1.60. The lowest BCUT2D eigenvalue weighted by molar-refractivity contribution is -0.117. The van der Waals surface area contributed by atoms with Crippen molar-refractivity contribution < 1.29 is 14.7 Å². The molecule has 1 heterocycles. The third-order valence-electron chi connectivity index (χ3n) is 4.13. The van der Waals surface area contributed by atoms with E-state index >= 15 is 0 Å². The van der Waals surface area contributed by atoms with Gasteiger partial charge in [0.1, 0.15) is 5.75 Å². The van der Waals surface area contributed by atoms with Gasteiger partial charge in [-0.05, 0) is 42.7 Å². The van der Waals surface area contributed by atoms with Gasteiger partial charge < -0.3 is 15.3 Å². The van der Waals surface area contributed by atoms with Crippen LogP contribution in [0.3, 0.4) is 0 Å². The van der Waals surface area contributed by atoms with Crippen LogP contribution >= 0.6 is 0 Å². The lowest BCUT2D eigenvalue weighted by atomic mass is 10.1. The van der Waals surface area contributed by atoms with Crippen LogP contribution in [0.1, 0.15) is 24.8 Å². The van der Waals surface area contributed by atoms with E-state index in [0.717, 1.165) is 24.2 Å². The summed E-state index contributed by atoms with van der Waals surface area (Å²) in [5.41, 5.74) is 2.24. The molecule has 124 valence electrons. The van der Waals surface area contributed by atoms with Crippen molar-refractivity contribution in [3.8, 4) is 5.75 Å². The first-order valence-corrected chi connectivity index (χ1v) is 8.10. The molecule has 2 amide bonds. The second-order valence-electron chi connectivity index (χ2n) is 5.88. The van der Waals surface area contributed by atoms with Gasteiger partial charge >= 0.3 is 0 Å². The molecular formula is C19H20N2O3. The minimum atomic E-state index is -0.122. The average Bonchev–Trinajstić information content (AvgIpc) is 3.00. The molecule has 0 atom stereocenters. The number of amides is 2. The van der Waals surface area contributed by atoms with Crippen LogP contribution in [0.15, 0.2) is 48.5 Å². The zero-order chi connectivity index (χ0) is 16.9. The van der Waals surface area contributed by atoms with Crippen molar-refractivity contribution in [3.05, 3.63) is 54.1 Å². The molecule has 0 spiro atoms. The van der Waals surface area contributed by atoms with Gasteiger partial charge in [0, 0.05) is 30.8 Å². The van der Waals surface area contributed by atoms with Gasteiger partial charge in [0.15, 0.2) is 0 Å². The highest BCUT2D eigenvalue weighted by Crippen LogP contribution is 2.24. The minimum Gasteiger partial charge on any atom is -0.508 e. The Bertz CT molecular complexity index is 758. The lowest BCUT2D eigenvalue weighted by Gasteiger charge is -2.16. The molecule has 5 nitrogen and oxygen atoms in total. The number of phenolic OH excluding ortho intramolecular Hbond substituents is 1. The topological polar surface area (TPSA) is 69.6 Å². The summed E-state index contributed by atoms with van der Waals surface area (Å²) in [6, 6.07) is 14.4. The van der Waals surface area contributed by atoms with Crippen molar-refractivity contribution in [2.45, 2.75) is 25.7 Å². The average molecular weight is 324 g/mol. The van der Waals surface area contributed by atoms with E-state index in [1.807, 2.05) is 36.4 Å². The Morgan fingerprint density at radius 2 is 2.00 bits per heavy atom. The molecule has 0 unspecified atom stereocenters. The summed E-state index contributed by atoms with van der Waals surface area (Å²) < 4.78 is 0. The summed E-state index contributed by atoms with van der Waals surface area (Å²) >= 11 is 0. The van der Waals surface area contributed by atoms with Crippen LogP contribution in [-0.2, 0) is 16.0 Å². The van der Waals surface area contributed by atoms with Crippen molar-refractivity contribution >= 4 is 23.2 Å². The van der Waals surface area contributed by atoms with Gasteiger partial charge in [-0.2, -0.15) is 0 Å². The first-order chi connectivity index (χ1) is 11.6. The fraction of sp³-hybridized carbons (Fsp3) is 0.263. The molecule has 0 bridgehead atoms. The molecule has 3 rings (SSSR count). The number of nitrogens with one attached hydrogen (secondary N) is 1. The van der Waals surface area contributed by atoms with Crippen LogP contribution in [0.5, 0.6) is 5.75 Å². The number of phenols is 1. The van der Waals surface area contributed by atoms with E-state index in [1.165, 1.54) is 0 Å². The number of rotatable bonds is 5. The Morgan fingerprint density at radius 1 is 1.17 bits per heavy atom. The summed E-state index contributed by atoms with van der Waals surface area (Å²) in [5, 5.41) is 12.6. The van der Waals surface area contributed by atoms with E-state index in [2.05, 4.69) is 5.32 Å². The molecule has 1 saturated heterocycles. The Hall–Kier alpha value is -2.82. The highest BCUT2D eigenvalue weighted by atomic mass is 16.3. The first kappa shape index (κ1) is 16.1. The molecule has 24 heavy (non-hydrogen) atoms. The second kappa shape index (κ2) is 7.17. The number of aryl methyl sites for hydroxylation is 1. The summed E-state index contributed by atoms with van der Waals surface area (Å²) in [6.45, 7) is 0.726. The van der Waals surface area contributed by atoms with Crippen molar-refractivity contribution in [2.75, 3.05) is 16.8 Å². The fourth-order valence-corrected chi connectivity index (χ4v) is 2.87. The lowest BCUT2D eigenvalue weighted by Crippen LogP contribution is -2.23. The standard InChI is InChI=1S/C19H20N2O3/c22-17-8-2-1-5-14(17)10-11-18(23)20-15-6-3-7-16(13-15)21-12-4-9-19(21)24/h1-3,5-8,13,22H,4,9-12H2,(H,20,23). The Kier molecular flexibility index (Phi) is 4.79. The summed E-state index contributed by atoms with van der Waals surface area (Å²) in [7, 11) is 0. The monoisotopic (exact) mass is 324 g/mol. The van der Waals surface area contributed by atoms with E-state index in [4.69, 9.17) is 0 Å². The normalized spacial score (nSPS) is 14.0. The maximum atomic E-state index is 12.1. The number of para-hydroxylation sites is 1. The highest BCUT2D eigenvalue weighted by molar-refractivity contribution is 5.97. The molecule has 1 aliphatic rings. The third kappa shape index (κ3) is 3.74. The molecule has 0 aromatic heterocycles. The van der Waals surface area contributed by atoms with Gasteiger partial charge in [0.05, 0.1) is 0 Å². The molecule has 2 aromatic carbocycles. The maximum Gasteiger partial charge on any atom is 0.227 e. The van der Waals surface area contributed by atoms with Crippen molar-refractivity contribution in [1.82, 2.24) is 0 Å². The molecule has 0 radical (unpaired) electrons. The van der Waals surface area contributed by atoms with E-state index in [-0.39, 0.29) is 24.0 Å². The first-order valence-electron chi connectivity index (χ1n) is 8.10. The van der Waals surface area contributed by atoms with Crippen LogP contribution in [-0.4, -0.2) is 23.5 Å². The molecule has 5 heteroatoms. The van der Waals surface area contributed by atoms with Crippen LogP contribution in [0.4, 0.5) is 11.4 Å². The van der Waals surface area contributed by atoms with Crippen LogP contribution in [0.25, 0.3) is 0 Å². The number of aromatic hydroxyl groups is 1. The molecule has 2 aromatic rings. The number of hydrogen-bond donors (Lipinski definition) is 2. The fourth-order valence-electron chi connectivity index (χ4n) is 2.87. The van der Waals surface area contributed by atoms with Crippen LogP contribution < -0.4 is 10.2 Å². The zero-order valence-corrected chi connectivity index (χ0v) is 13.4. The number of anilines is 2. The molecule has 0 aliphatic carbocycles. The SMILES string of the molecule is O=C(CCc1ccccc1O)Nc1cccc(N2CCCC2=O)c1. The molecule has 1 aliphatic heterocycles. The van der Waals surface area contributed by atoms with Crippen molar-refractivity contribution in [3.63, 3.8) is 0 Å². The number of nitrogens with zero attached hydrogens (tertiary/aromatic N) is 1. The van der Waals surface area contributed by atoms with Crippen LogP contribution in [0, 0.1) is 0 Å². The molecule has 0 saturated carbocycles. The van der Waals surface area contributed by atoms with Gasteiger partial charge in [-0.15, -0.1) is 0 Å². The predicted octanol–water partition coefficient (Wildman–Crippen LogP) is 3.09. The quantitative estimate of drug-likeness (QED) is 0.888. The summed E-state index contributed by atoms with van der Waals surface area (Å²) in [6.07, 6.45) is 2.21. The smallest absolute Gasteiger partial charge is 0.227 e. The summed E-state index contributed by atoms with van der Waals surface area (Å²) in [4.78, 5) is 25.7. The highest BCUT2D eigenvalue weighted by Gasteiger charge is 2.21. The van der Waals surface area contributed by atoms with Gasteiger partial charge in [-0.25, -0.2) is 0 Å². The van der Waals surface area contributed by atoms with Gasteiger partial charge in [0.2, 0.25) is 11.8 Å². The van der Waals surface area contributed by atoms with Gasteiger partial charge in [-0.3, -0.25) is 9.59 Å². The van der Waals surface area contributed by atoms with E-state index < -0.39 is 0 Å². The number of carbonyl (C=O) groups excluding carboxylic acids is 2. The van der Waals surface area contributed by atoms with Crippen molar-refractivity contribution in [2.24, 2.45) is 0 Å². The second-order valence-corrected chi connectivity index (χ2v) is 5.88. The van der Waals surface area contributed by atoms with E-state index in [9.17, 15) is 14.7 Å². The minimum absolute atomic E-state index is 0.122. The summed E-state index contributed by atoms with van der Waals surface area (Å²) in [5.74, 6) is 0.209. The van der Waals surface area contributed by atoms with Gasteiger partial charge in [-0.1, -0.05) is 24.3 Å². The maximum absolute atomic E-state index is 12.1. The van der Waals surface area contributed by atoms with Gasteiger partial charge in [0.25, 0.3) is 0 Å². The van der Waals surface area contributed by atoms with E-state index in [0.29, 0.717) is 18.5 Å². The third-order valence-corrected chi connectivity index (χ3v) is 4.13. The Labute approximate surface area is 140 Å². The van der Waals surface area contributed by atoms with Crippen molar-refractivity contribution in [1.29, 1.82) is 0 Å². The predicted molar refractivity (Wildman–Crippen MR) is 93.1 cm³/mol. The number of hydrogen-bond acceptors (Lipinski definition) is 3. The molecular weight excluding hydrogens is 304 g/mol. The van der Waals surface area contributed by atoms with Crippen LogP contribution in [0.2, 0.25) is 0 Å². The number of benzene rings is 2. The van der Waals surface area contributed by atoms with E-state index in [1.54, 1.807) is 17.0 Å². The number of carbonyl (C=O) groups is 2. The molecule has 2 N–H and O–H groups in total. The molecule has 1 fully saturated rings.